The molecule has 108 valence electrons. The average Bonchev–Trinajstić information content (AvgIpc) is 3.00. The summed E-state index contributed by atoms with van der Waals surface area (Å²) in [5, 5.41) is 21.4. The van der Waals surface area contributed by atoms with Gasteiger partial charge in [0.2, 0.25) is 0 Å². The zero-order chi connectivity index (χ0) is 14.7. The van der Waals surface area contributed by atoms with E-state index in [1.807, 2.05) is 24.3 Å². The van der Waals surface area contributed by atoms with Crippen molar-refractivity contribution in [3.63, 3.8) is 0 Å². The third kappa shape index (κ3) is 2.95. The van der Waals surface area contributed by atoms with Crippen LogP contribution in [0.5, 0.6) is 0 Å². The van der Waals surface area contributed by atoms with Crippen LogP contribution in [0.4, 0.5) is 0 Å². The van der Waals surface area contributed by atoms with Gasteiger partial charge in [0, 0.05) is 23.4 Å². The van der Waals surface area contributed by atoms with Crippen LogP contribution in [0, 0.1) is 29.1 Å². The molecule has 1 saturated carbocycles. The van der Waals surface area contributed by atoms with Crippen molar-refractivity contribution in [3.8, 4) is 17.9 Å². The van der Waals surface area contributed by atoms with Gasteiger partial charge in [0.15, 0.2) is 0 Å². The molecule has 0 bridgehead atoms. The van der Waals surface area contributed by atoms with Gasteiger partial charge in [-0.2, -0.15) is 5.26 Å². The largest absolute Gasteiger partial charge is 0.395 e. The van der Waals surface area contributed by atoms with E-state index in [-0.39, 0.29) is 24.6 Å². The molecule has 1 aliphatic carbocycles. The molecule has 1 aliphatic heterocycles. The van der Waals surface area contributed by atoms with E-state index in [9.17, 15) is 5.11 Å². The SMILES string of the molecule is N#CC1NC(CO)C1c1ccc(C#CC2CCCC2)cc1. The smallest absolute Gasteiger partial charge is 0.104 e. The fraction of sp³-hybridized carbons (Fsp3) is 0.500. The van der Waals surface area contributed by atoms with Gasteiger partial charge < -0.3 is 5.11 Å². The van der Waals surface area contributed by atoms with Crippen molar-refractivity contribution in [1.82, 2.24) is 5.32 Å². The normalized spacial score (nSPS) is 28.3. The van der Waals surface area contributed by atoms with Crippen LogP contribution in [0.3, 0.4) is 0 Å². The number of hydrogen-bond acceptors (Lipinski definition) is 3. The van der Waals surface area contributed by atoms with Crippen LogP contribution in [-0.4, -0.2) is 23.8 Å². The molecule has 2 N–H and O–H groups in total. The fourth-order valence-corrected chi connectivity index (χ4v) is 3.30. The van der Waals surface area contributed by atoms with E-state index in [1.165, 1.54) is 25.7 Å². The lowest BCUT2D eigenvalue weighted by atomic mass is 9.78. The molecule has 1 heterocycles. The zero-order valence-corrected chi connectivity index (χ0v) is 12.0. The second-order valence-corrected chi connectivity index (χ2v) is 5.96. The van der Waals surface area contributed by atoms with E-state index >= 15 is 0 Å². The Bertz CT molecular complexity index is 584. The molecule has 1 aromatic rings. The Morgan fingerprint density at radius 3 is 2.52 bits per heavy atom. The molecule has 3 nitrogen and oxygen atoms in total. The lowest BCUT2D eigenvalue weighted by molar-refractivity contribution is 0.151. The molecule has 0 amide bonds. The molecule has 3 heteroatoms. The molecule has 3 atom stereocenters. The zero-order valence-electron chi connectivity index (χ0n) is 12.0. The summed E-state index contributed by atoms with van der Waals surface area (Å²) >= 11 is 0. The monoisotopic (exact) mass is 280 g/mol. The lowest BCUT2D eigenvalue weighted by Crippen LogP contribution is -2.60. The standard InChI is InChI=1S/C18H20N2O/c19-11-16-18(17(12-21)20-16)15-9-7-14(8-10-15)6-5-13-3-1-2-4-13/h7-10,13,16-18,20-21H,1-4,12H2. The van der Waals surface area contributed by atoms with Crippen LogP contribution in [0.1, 0.15) is 42.7 Å². The molecule has 3 rings (SSSR count). The first kappa shape index (κ1) is 14.1. The van der Waals surface area contributed by atoms with Gasteiger partial charge in [-0.05, 0) is 30.5 Å². The van der Waals surface area contributed by atoms with E-state index in [4.69, 9.17) is 5.26 Å². The highest BCUT2D eigenvalue weighted by Crippen LogP contribution is 2.31. The van der Waals surface area contributed by atoms with Crippen molar-refractivity contribution in [1.29, 1.82) is 5.26 Å². The Morgan fingerprint density at radius 2 is 1.90 bits per heavy atom. The van der Waals surface area contributed by atoms with E-state index in [2.05, 4.69) is 23.2 Å². The Balaban J connectivity index is 1.70. The summed E-state index contributed by atoms with van der Waals surface area (Å²) < 4.78 is 0. The number of rotatable bonds is 2. The third-order valence-corrected chi connectivity index (χ3v) is 4.59. The predicted octanol–water partition coefficient (Wildman–Crippen LogP) is 2.17. The van der Waals surface area contributed by atoms with Crippen molar-refractivity contribution in [2.24, 2.45) is 5.92 Å². The van der Waals surface area contributed by atoms with Crippen molar-refractivity contribution < 1.29 is 5.11 Å². The lowest BCUT2D eigenvalue weighted by Gasteiger charge is -2.41. The van der Waals surface area contributed by atoms with Gasteiger partial charge in [-0.1, -0.05) is 36.8 Å². The first-order valence-electron chi connectivity index (χ1n) is 7.70. The highest BCUT2D eigenvalue weighted by atomic mass is 16.3. The molecule has 2 aliphatic rings. The quantitative estimate of drug-likeness (QED) is 0.816. The van der Waals surface area contributed by atoms with Gasteiger partial charge >= 0.3 is 0 Å². The summed E-state index contributed by atoms with van der Waals surface area (Å²) in [5.74, 6) is 7.27. The number of nitrogens with one attached hydrogen (secondary N) is 1. The van der Waals surface area contributed by atoms with Crippen LogP contribution in [-0.2, 0) is 0 Å². The van der Waals surface area contributed by atoms with Gasteiger partial charge in [-0.3, -0.25) is 5.32 Å². The summed E-state index contributed by atoms with van der Waals surface area (Å²) in [6, 6.07) is 10.2. The number of hydrogen-bond donors (Lipinski definition) is 2. The number of nitrogens with zero attached hydrogens (tertiary/aromatic N) is 1. The van der Waals surface area contributed by atoms with Crippen molar-refractivity contribution in [2.75, 3.05) is 6.61 Å². The first-order valence-corrected chi connectivity index (χ1v) is 7.70. The number of benzene rings is 1. The van der Waals surface area contributed by atoms with Gasteiger partial charge in [0.1, 0.15) is 6.04 Å². The molecule has 2 fully saturated rings. The molecule has 0 spiro atoms. The van der Waals surface area contributed by atoms with Gasteiger partial charge in [-0.15, -0.1) is 0 Å². The molecule has 0 radical (unpaired) electrons. The van der Waals surface area contributed by atoms with E-state index in [0.29, 0.717) is 5.92 Å². The van der Waals surface area contributed by atoms with Crippen molar-refractivity contribution in [2.45, 2.75) is 43.7 Å². The van der Waals surface area contributed by atoms with Gasteiger partial charge in [0.05, 0.1) is 12.7 Å². The molecule has 1 aromatic carbocycles. The Hall–Kier alpha value is -1.81. The Kier molecular flexibility index (Phi) is 4.25. The Morgan fingerprint density at radius 1 is 1.19 bits per heavy atom. The first-order chi connectivity index (χ1) is 10.3. The van der Waals surface area contributed by atoms with Gasteiger partial charge in [-0.25, -0.2) is 0 Å². The van der Waals surface area contributed by atoms with E-state index < -0.39 is 0 Å². The second kappa shape index (κ2) is 6.31. The topological polar surface area (TPSA) is 56.0 Å². The maximum absolute atomic E-state index is 9.30. The summed E-state index contributed by atoms with van der Waals surface area (Å²) in [6.45, 7) is 0.0616. The summed E-state index contributed by atoms with van der Waals surface area (Å²) in [6.07, 6.45) is 5.10. The maximum atomic E-state index is 9.30. The molecule has 1 saturated heterocycles. The third-order valence-electron chi connectivity index (χ3n) is 4.59. The number of aliphatic hydroxyl groups excluding tert-OH is 1. The predicted molar refractivity (Wildman–Crippen MR) is 81.4 cm³/mol. The van der Waals surface area contributed by atoms with Crippen LogP contribution >= 0.6 is 0 Å². The summed E-state index contributed by atoms with van der Waals surface area (Å²) in [5.41, 5.74) is 2.14. The summed E-state index contributed by atoms with van der Waals surface area (Å²) in [7, 11) is 0. The Labute approximate surface area is 126 Å². The maximum Gasteiger partial charge on any atom is 0.104 e. The molecule has 0 aromatic heterocycles. The minimum absolute atomic E-state index is 0.00919. The molecular formula is C18H20N2O. The fourth-order valence-electron chi connectivity index (χ4n) is 3.30. The number of aliphatic hydroxyl groups is 1. The molecule has 3 unspecified atom stereocenters. The highest BCUT2D eigenvalue weighted by molar-refractivity contribution is 5.40. The highest BCUT2D eigenvalue weighted by Gasteiger charge is 2.40. The van der Waals surface area contributed by atoms with Crippen molar-refractivity contribution in [3.05, 3.63) is 35.4 Å². The van der Waals surface area contributed by atoms with Crippen LogP contribution in [0.2, 0.25) is 0 Å². The summed E-state index contributed by atoms with van der Waals surface area (Å²) in [4.78, 5) is 0. The number of nitriles is 1. The molecule has 21 heavy (non-hydrogen) atoms. The minimum Gasteiger partial charge on any atom is -0.395 e. The van der Waals surface area contributed by atoms with E-state index in [1.54, 1.807) is 0 Å². The van der Waals surface area contributed by atoms with Crippen LogP contribution in [0.15, 0.2) is 24.3 Å². The van der Waals surface area contributed by atoms with Gasteiger partial charge in [0.25, 0.3) is 0 Å². The minimum atomic E-state index is -0.197. The molecular weight excluding hydrogens is 260 g/mol. The van der Waals surface area contributed by atoms with Crippen LogP contribution < -0.4 is 5.32 Å². The second-order valence-electron chi connectivity index (χ2n) is 5.96. The van der Waals surface area contributed by atoms with E-state index in [0.717, 1.165) is 11.1 Å². The van der Waals surface area contributed by atoms with Crippen molar-refractivity contribution >= 4 is 0 Å². The average molecular weight is 280 g/mol. The van der Waals surface area contributed by atoms with Crippen LogP contribution in [0.25, 0.3) is 0 Å².